The minimum Gasteiger partial charge on any atom is -0.393 e. The predicted octanol–water partition coefficient (Wildman–Crippen LogP) is 0.434. The summed E-state index contributed by atoms with van der Waals surface area (Å²) in [5, 5.41) is 23.2. The van der Waals surface area contributed by atoms with Crippen molar-refractivity contribution in [3.05, 3.63) is 10.1 Å². The Morgan fingerprint density at radius 2 is 2.00 bits per heavy atom. The smallest absolute Gasteiger partial charge is 0.266 e. The van der Waals surface area contributed by atoms with Gasteiger partial charge in [-0.15, -0.1) is 0 Å². The third kappa shape index (κ3) is 3.18. The van der Waals surface area contributed by atoms with E-state index < -0.39 is 6.17 Å². The molecule has 2 saturated heterocycles. The molecule has 0 aliphatic carbocycles. The zero-order valence-electron chi connectivity index (χ0n) is 10.9. The van der Waals surface area contributed by atoms with Gasteiger partial charge < -0.3 is 5.11 Å². The van der Waals surface area contributed by atoms with Crippen LogP contribution in [0.4, 0.5) is 0 Å². The maximum atomic E-state index is 10.7. The molecule has 2 fully saturated rings. The molecule has 2 unspecified atom stereocenters. The predicted molar refractivity (Wildman–Crippen MR) is 67.8 cm³/mol. The monoisotopic (exact) mass is 257 g/mol. The fourth-order valence-electron chi connectivity index (χ4n) is 3.09. The molecule has 2 aliphatic heterocycles. The molecule has 6 heteroatoms. The standard InChI is InChI=1S/C12H23N3O3/c1-9(16)10-4-6-14(7-5-10)11-2-3-12(13-8-11)15(17)18/h9-13,16H,2-8H2,1H3/t9-,11?,12?/m0/s1. The number of rotatable bonds is 3. The molecular formula is C12H23N3O3. The highest BCUT2D eigenvalue weighted by Gasteiger charge is 2.33. The minimum atomic E-state index is -0.559. The molecule has 18 heavy (non-hydrogen) atoms. The lowest BCUT2D eigenvalue weighted by atomic mass is 9.90. The minimum absolute atomic E-state index is 0.213. The summed E-state index contributed by atoms with van der Waals surface area (Å²) in [7, 11) is 0. The van der Waals surface area contributed by atoms with Crippen LogP contribution in [0.5, 0.6) is 0 Å². The molecule has 2 aliphatic rings. The lowest BCUT2D eigenvalue weighted by Crippen LogP contribution is -2.54. The topological polar surface area (TPSA) is 78.6 Å². The second-order valence-electron chi connectivity index (χ2n) is 5.55. The second-order valence-corrected chi connectivity index (χ2v) is 5.55. The zero-order valence-corrected chi connectivity index (χ0v) is 10.9. The van der Waals surface area contributed by atoms with Gasteiger partial charge in [0.1, 0.15) is 0 Å². The van der Waals surface area contributed by atoms with Gasteiger partial charge in [-0.2, -0.15) is 0 Å². The summed E-state index contributed by atoms with van der Waals surface area (Å²) in [6.45, 7) is 4.59. The highest BCUT2D eigenvalue weighted by atomic mass is 16.6. The Bertz CT molecular complexity index is 282. The van der Waals surface area contributed by atoms with Crippen molar-refractivity contribution in [1.82, 2.24) is 10.2 Å². The number of aliphatic hydroxyl groups is 1. The molecule has 0 bridgehead atoms. The molecule has 0 saturated carbocycles. The van der Waals surface area contributed by atoms with Gasteiger partial charge in [-0.1, -0.05) is 0 Å². The van der Waals surface area contributed by atoms with Crippen LogP contribution in [0.1, 0.15) is 32.6 Å². The van der Waals surface area contributed by atoms with Crippen molar-refractivity contribution in [1.29, 1.82) is 0 Å². The van der Waals surface area contributed by atoms with Crippen molar-refractivity contribution in [3.8, 4) is 0 Å². The van der Waals surface area contributed by atoms with Crippen LogP contribution in [-0.2, 0) is 0 Å². The van der Waals surface area contributed by atoms with Gasteiger partial charge in [0, 0.05) is 23.9 Å². The maximum absolute atomic E-state index is 10.7. The number of likely N-dealkylation sites (tertiary alicyclic amines) is 1. The summed E-state index contributed by atoms with van der Waals surface area (Å²) in [4.78, 5) is 12.8. The SMILES string of the molecule is C[C@H](O)C1CCN(C2CCC([N+](=O)[O-])NC2)CC1. The second kappa shape index (κ2) is 5.95. The van der Waals surface area contributed by atoms with E-state index in [9.17, 15) is 15.2 Å². The lowest BCUT2D eigenvalue weighted by molar-refractivity contribution is -0.532. The van der Waals surface area contributed by atoms with Crippen molar-refractivity contribution in [2.24, 2.45) is 5.92 Å². The quantitative estimate of drug-likeness (QED) is 0.566. The van der Waals surface area contributed by atoms with E-state index in [1.54, 1.807) is 0 Å². The van der Waals surface area contributed by atoms with Crippen LogP contribution < -0.4 is 5.32 Å². The molecule has 0 aromatic carbocycles. The normalized spacial score (nSPS) is 33.2. The summed E-state index contributed by atoms with van der Waals surface area (Å²) in [5.41, 5.74) is 0. The highest BCUT2D eigenvalue weighted by Crippen LogP contribution is 2.24. The van der Waals surface area contributed by atoms with Gasteiger partial charge in [-0.25, -0.2) is 0 Å². The van der Waals surface area contributed by atoms with Crippen molar-refractivity contribution >= 4 is 0 Å². The van der Waals surface area contributed by atoms with E-state index in [-0.39, 0.29) is 11.0 Å². The van der Waals surface area contributed by atoms with E-state index >= 15 is 0 Å². The van der Waals surface area contributed by atoms with Crippen LogP contribution >= 0.6 is 0 Å². The van der Waals surface area contributed by atoms with Crippen molar-refractivity contribution < 1.29 is 10.0 Å². The fourth-order valence-corrected chi connectivity index (χ4v) is 3.09. The van der Waals surface area contributed by atoms with Gasteiger partial charge in [0.05, 0.1) is 6.10 Å². The molecule has 104 valence electrons. The number of hydrogen-bond acceptors (Lipinski definition) is 5. The van der Waals surface area contributed by atoms with E-state index in [4.69, 9.17) is 0 Å². The molecule has 0 spiro atoms. The molecular weight excluding hydrogens is 234 g/mol. The molecule has 0 aromatic rings. The molecule has 2 N–H and O–H groups in total. The number of nitro groups is 1. The van der Waals surface area contributed by atoms with Crippen LogP contribution in [0.15, 0.2) is 0 Å². The van der Waals surface area contributed by atoms with E-state index in [2.05, 4.69) is 10.2 Å². The van der Waals surface area contributed by atoms with Crippen LogP contribution in [0.2, 0.25) is 0 Å². The first-order valence-corrected chi connectivity index (χ1v) is 6.87. The molecule has 2 rings (SSSR count). The Labute approximate surface area is 107 Å². The van der Waals surface area contributed by atoms with Gasteiger partial charge in [0.2, 0.25) is 0 Å². The first-order valence-electron chi connectivity index (χ1n) is 6.87. The summed E-state index contributed by atoms with van der Waals surface area (Å²) in [5.74, 6) is 0.421. The summed E-state index contributed by atoms with van der Waals surface area (Å²) in [6.07, 6.45) is 2.82. The zero-order chi connectivity index (χ0) is 13.1. The average Bonchev–Trinajstić information content (AvgIpc) is 2.39. The van der Waals surface area contributed by atoms with E-state index in [1.807, 2.05) is 6.92 Å². The number of piperidine rings is 2. The van der Waals surface area contributed by atoms with Crippen LogP contribution in [0.3, 0.4) is 0 Å². The van der Waals surface area contributed by atoms with Gasteiger partial charge in [0.15, 0.2) is 0 Å². The van der Waals surface area contributed by atoms with Crippen LogP contribution in [-0.4, -0.2) is 52.9 Å². The van der Waals surface area contributed by atoms with Crippen molar-refractivity contribution in [2.45, 2.75) is 50.9 Å². The molecule has 0 radical (unpaired) electrons. The van der Waals surface area contributed by atoms with Crippen LogP contribution in [0, 0.1) is 16.0 Å². The van der Waals surface area contributed by atoms with E-state index in [0.29, 0.717) is 24.9 Å². The Kier molecular flexibility index (Phi) is 4.53. The van der Waals surface area contributed by atoms with Crippen molar-refractivity contribution in [2.75, 3.05) is 19.6 Å². The summed E-state index contributed by atoms with van der Waals surface area (Å²) in [6, 6.07) is 0.427. The van der Waals surface area contributed by atoms with Crippen molar-refractivity contribution in [3.63, 3.8) is 0 Å². The number of nitrogens with one attached hydrogen (secondary N) is 1. The molecule has 2 heterocycles. The van der Waals surface area contributed by atoms with Crippen LogP contribution in [0.25, 0.3) is 0 Å². The Hall–Kier alpha value is -0.720. The highest BCUT2D eigenvalue weighted by molar-refractivity contribution is 4.84. The Morgan fingerprint density at radius 3 is 2.44 bits per heavy atom. The Morgan fingerprint density at radius 1 is 1.33 bits per heavy atom. The third-order valence-electron chi connectivity index (χ3n) is 4.39. The fraction of sp³-hybridized carbons (Fsp3) is 1.00. The molecule has 3 atom stereocenters. The Balaban J connectivity index is 1.76. The lowest BCUT2D eigenvalue weighted by Gasteiger charge is -2.40. The molecule has 0 aromatic heterocycles. The summed E-state index contributed by atoms with van der Waals surface area (Å²) >= 11 is 0. The van der Waals surface area contributed by atoms with Gasteiger partial charge in [-0.05, 0) is 45.2 Å². The summed E-state index contributed by atoms with van der Waals surface area (Å²) < 4.78 is 0. The number of nitrogens with zero attached hydrogens (tertiary/aromatic N) is 2. The number of aliphatic hydroxyl groups excluding tert-OH is 1. The largest absolute Gasteiger partial charge is 0.393 e. The number of hydrogen-bond donors (Lipinski definition) is 2. The van der Waals surface area contributed by atoms with Gasteiger partial charge >= 0.3 is 0 Å². The van der Waals surface area contributed by atoms with Gasteiger partial charge in [-0.3, -0.25) is 20.3 Å². The average molecular weight is 257 g/mol. The third-order valence-corrected chi connectivity index (χ3v) is 4.39. The molecule has 6 nitrogen and oxygen atoms in total. The maximum Gasteiger partial charge on any atom is 0.266 e. The first kappa shape index (κ1) is 13.7. The molecule has 0 amide bonds. The van der Waals surface area contributed by atoms with Gasteiger partial charge in [0.25, 0.3) is 6.17 Å². The van der Waals surface area contributed by atoms with E-state index in [1.165, 1.54) is 0 Å². The van der Waals surface area contributed by atoms with E-state index in [0.717, 1.165) is 32.4 Å². The first-order chi connectivity index (χ1) is 8.58.